The normalized spacial score (nSPS) is 10.5. The number of carbonyl (C=O) groups is 1. The van der Waals surface area contributed by atoms with Gasteiger partial charge in [-0.1, -0.05) is 6.08 Å². The third kappa shape index (κ3) is 8.06. The van der Waals surface area contributed by atoms with Gasteiger partial charge < -0.3 is 25.0 Å². The molecule has 1 rings (SSSR count). The second kappa shape index (κ2) is 13.2. The fourth-order valence-electron chi connectivity index (χ4n) is 2.33. The third-order valence-corrected chi connectivity index (χ3v) is 3.65. The molecule has 1 amide bonds. The van der Waals surface area contributed by atoms with E-state index < -0.39 is 0 Å². The van der Waals surface area contributed by atoms with E-state index >= 15 is 0 Å². The molecule has 0 aliphatic heterocycles. The molecule has 0 heterocycles. The van der Waals surface area contributed by atoms with Crippen LogP contribution in [0.4, 0.5) is 0 Å². The molecule has 0 aromatic heterocycles. The van der Waals surface area contributed by atoms with Gasteiger partial charge in [0.25, 0.3) is 0 Å². The van der Waals surface area contributed by atoms with Crippen LogP contribution in [0.3, 0.4) is 0 Å². The molecular formula is C19H31IN4O3. The van der Waals surface area contributed by atoms with Crippen molar-refractivity contribution < 1.29 is 14.3 Å². The van der Waals surface area contributed by atoms with Crippen molar-refractivity contribution in [1.82, 2.24) is 15.5 Å². The van der Waals surface area contributed by atoms with Gasteiger partial charge in [0.15, 0.2) is 17.5 Å². The Balaban J connectivity index is 0.00000676. The Hall–Kier alpha value is -1.97. The number of aliphatic imine (C=N–C) groups is 1. The number of ether oxygens (including phenoxy) is 2. The highest BCUT2D eigenvalue weighted by Gasteiger charge is 2.12. The van der Waals surface area contributed by atoms with E-state index in [1.54, 1.807) is 28.3 Å². The number of allylic oxidation sites excluding steroid dienone is 1. The zero-order chi connectivity index (χ0) is 19.5. The topological polar surface area (TPSA) is 75.2 Å². The number of nitrogens with zero attached hydrogens (tertiary/aromatic N) is 2. The lowest BCUT2D eigenvalue weighted by Gasteiger charge is -2.15. The number of nitrogens with one attached hydrogen (secondary N) is 2. The van der Waals surface area contributed by atoms with Gasteiger partial charge in [0.05, 0.1) is 27.3 Å². The van der Waals surface area contributed by atoms with Crippen LogP contribution in [0.1, 0.15) is 18.1 Å². The minimum Gasteiger partial charge on any atom is -0.493 e. The first-order valence-electron chi connectivity index (χ1n) is 8.53. The highest BCUT2D eigenvalue weighted by molar-refractivity contribution is 14.0. The Labute approximate surface area is 179 Å². The van der Waals surface area contributed by atoms with E-state index in [-0.39, 0.29) is 36.4 Å². The molecule has 1 aromatic rings. The Morgan fingerprint density at radius 3 is 2.48 bits per heavy atom. The van der Waals surface area contributed by atoms with Crippen LogP contribution in [-0.2, 0) is 17.8 Å². The van der Waals surface area contributed by atoms with Crippen LogP contribution in [0.15, 0.2) is 29.8 Å². The summed E-state index contributed by atoms with van der Waals surface area (Å²) >= 11 is 0. The minimum absolute atomic E-state index is 0. The number of hydrogen-bond acceptors (Lipinski definition) is 4. The van der Waals surface area contributed by atoms with Gasteiger partial charge in [0.2, 0.25) is 5.91 Å². The molecule has 0 atom stereocenters. The Kier molecular flexibility index (Phi) is 12.3. The SMILES string of the molecule is C=CCc1cc(CN=C(NCC)NCC(=O)N(C)C)cc(OC)c1OC.I. The quantitative estimate of drug-likeness (QED) is 0.240. The molecule has 0 spiro atoms. The lowest BCUT2D eigenvalue weighted by atomic mass is 10.1. The van der Waals surface area contributed by atoms with E-state index in [0.717, 1.165) is 11.1 Å². The molecule has 0 unspecified atom stereocenters. The van der Waals surface area contributed by atoms with Gasteiger partial charge in [-0.3, -0.25) is 4.79 Å². The van der Waals surface area contributed by atoms with Crippen molar-refractivity contribution in [1.29, 1.82) is 0 Å². The molecule has 0 saturated heterocycles. The standard InChI is InChI=1S/C19H30N4O3.HI/c1-7-9-15-10-14(11-16(25-5)18(15)26-6)12-21-19(20-8-2)22-13-17(24)23(3)4;/h7,10-11H,1,8-9,12-13H2,2-6H3,(H2,20,21,22);1H. The van der Waals surface area contributed by atoms with E-state index in [2.05, 4.69) is 22.2 Å². The average Bonchev–Trinajstić information content (AvgIpc) is 2.63. The average molecular weight is 490 g/mol. The highest BCUT2D eigenvalue weighted by Crippen LogP contribution is 2.33. The molecule has 2 N–H and O–H groups in total. The largest absolute Gasteiger partial charge is 0.493 e. The van der Waals surface area contributed by atoms with Crippen molar-refractivity contribution >= 4 is 35.8 Å². The number of rotatable bonds is 9. The maximum absolute atomic E-state index is 11.7. The molecule has 1 aromatic carbocycles. The number of methoxy groups -OCH3 is 2. The summed E-state index contributed by atoms with van der Waals surface area (Å²) in [6.45, 7) is 7.10. The predicted octanol–water partition coefficient (Wildman–Crippen LogP) is 2.19. The molecule has 0 bridgehead atoms. The first-order chi connectivity index (χ1) is 12.5. The summed E-state index contributed by atoms with van der Waals surface area (Å²) in [4.78, 5) is 17.8. The number of guanidine groups is 1. The van der Waals surface area contributed by atoms with Gasteiger partial charge in [-0.05, 0) is 31.0 Å². The third-order valence-electron chi connectivity index (χ3n) is 3.65. The van der Waals surface area contributed by atoms with E-state index in [4.69, 9.17) is 9.47 Å². The van der Waals surface area contributed by atoms with Crippen molar-refractivity contribution in [2.45, 2.75) is 19.9 Å². The molecule has 27 heavy (non-hydrogen) atoms. The minimum atomic E-state index is -0.0185. The van der Waals surface area contributed by atoms with Crippen LogP contribution in [-0.4, -0.2) is 58.2 Å². The number of hydrogen-bond donors (Lipinski definition) is 2. The van der Waals surface area contributed by atoms with Crippen LogP contribution < -0.4 is 20.1 Å². The summed E-state index contributed by atoms with van der Waals surface area (Å²) in [5.41, 5.74) is 1.98. The van der Waals surface area contributed by atoms with Crippen LogP contribution >= 0.6 is 24.0 Å². The summed E-state index contributed by atoms with van der Waals surface area (Å²) in [5.74, 6) is 1.94. The zero-order valence-corrected chi connectivity index (χ0v) is 19.1. The summed E-state index contributed by atoms with van der Waals surface area (Å²) in [5, 5.41) is 6.17. The van der Waals surface area contributed by atoms with Gasteiger partial charge in [-0.2, -0.15) is 0 Å². The van der Waals surface area contributed by atoms with Gasteiger partial charge in [0, 0.05) is 26.2 Å². The molecule has 0 saturated carbocycles. The molecule has 152 valence electrons. The van der Waals surface area contributed by atoms with Crippen molar-refractivity contribution in [2.24, 2.45) is 4.99 Å². The van der Waals surface area contributed by atoms with Gasteiger partial charge in [0.1, 0.15) is 0 Å². The van der Waals surface area contributed by atoms with E-state index in [1.165, 1.54) is 4.90 Å². The van der Waals surface area contributed by atoms with Crippen molar-refractivity contribution in [2.75, 3.05) is 41.4 Å². The van der Waals surface area contributed by atoms with E-state index in [9.17, 15) is 4.79 Å². The van der Waals surface area contributed by atoms with Gasteiger partial charge in [-0.25, -0.2) is 4.99 Å². The molecule has 0 radical (unpaired) electrons. The fourth-order valence-corrected chi connectivity index (χ4v) is 2.33. The summed E-state index contributed by atoms with van der Waals surface area (Å²) in [6.07, 6.45) is 2.50. The van der Waals surface area contributed by atoms with Crippen molar-refractivity contribution in [3.05, 3.63) is 35.9 Å². The lowest BCUT2D eigenvalue weighted by molar-refractivity contribution is -0.127. The molecule has 0 fully saturated rings. The smallest absolute Gasteiger partial charge is 0.241 e. The molecule has 0 aliphatic carbocycles. The number of carbonyl (C=O) groups excluding carboxylic acids is 1. The van der Waals surface area contributed by atoms with Crippen LogP contribution in [0.5, 0.6) is 11.5 Å². The monoisotopic (exact) mass is 490 g/mol. The second-order valence-corrected chi connectivity index (χ2v) is 5.82. The van der Waals surface area contributed by atoms with E-state index in [1.807, 2.05) is 25.1 Å². The molecular weight excluding hydrogens is 459 g/mol. The van der Waals surface area contributed by atoms with Crippen LogP contribution in [0, 0.1) is 0 Å². The number of likely N-dealkylation sites (N-methyl/N-ethyl adjacent to an activating group) is 1. The van der Waals surface area contributed by atoms with E-state index in [0.29, 0.717) is 37.0 Å². The Bertz CT molecular complexity index is 648. The van der Waals surface area contributed by atoms with Crippen LogP contribution in [0.2, 0.25) is 0 Å². The Morgan fingerprint density at radius 1 is 1.26 bits per heavy atom. The second-order valence-electron chi connectivity index (χ2n) is 5.82. The van der Waals surface area contributed by atoms with Crippen molar-refractivity contribution in [3.63, 3.8) is 0 Å². The Morgan fingerprint density at radius 2 is 1.96 bits per heavy atom. The van der Waals surface area contributed by atoms with Crippen molar-refractivity contribution in [3.8, 4) is 11.5 Å². The predicted molar refractivity (Wildman–Crippen MR) is 120 cm³/mol. The first-order valence-corrected chi connectivity index (χ1v) is 8.53. The van der Waals surface area contributed by atoms with Gasteiger partial charge in [-0.15, -0.1) is 30.6 Å². The number of amides is 1. The molecule has 0 aliphatic rings. The van der Waals surface area contributed by atoms with Gasteiger partial charge >= 0.3 is 0 Å². The first kappa shape index (κ1) is 25.0. The number of benzene rings is 1. The summed E-state index contributed by atoms with van der Waals surface area (Å²) in [7, 11) is 6.68. The number of halogens is 1. The summed E-state index contributed by atoms with van der Waals surface area (Å²) in [6, 6.07) is 3.94. The maximum atomic E-state index is 11.7. The maximum Gasteiger partial charge on any atom is 0.241 e. The summed E-state index contributed by atoms with van der Waals surface area (Å²) < 4.78 is 10.9. The highest BCUT2D eigenvalue weighted by atomic mass is 127. The van der Waals surface area contributed by atoms with Crippen LogP contribution in [0.25, 0.3) is 0 Å². The molecule has 7 nitrogen and oxygen atoms in total. The zero-order valence-electron chi connectivity index (χ0n) is 16.8. The lowest BCUT2D eigenvalue weighted by Crippen LogP contribution is -2.42. The molecule has 8 heteroatoms. The fraction of sp³-hybridized carbons (Fsp3) is 0.474.